The number of carbonyl (C=O) groups is 2. The molecule has 7 heteroatoms. The predicted molar refractivity (Wildman–Crippen MR) is 98.6 cm³/mol. The van der Waals surface area contributed by atoms with Gasteiger partial charge >= 0.3 is 0 Å². The zero-order valence-corrected chi connectivity index (χ0v) is 15.2. The first kappa shape index (κ1) is 18.7. The predicted octanol–water partition coefficient (Wildman–Crippen LogP) is 2.31. The Kier molecular flexibility index (Phi) is 5.59. The molecule has 6 nitrogen and oxygen atoms in total. The van der Waals surface area contributed by atoms with Crippen LogP contribution in [0.25, 0.3) is 0 Å². The van der Waals surface area contributed by atoms with Crippen LogP contribution in [0.1, 0.15) is 12.0 Å². The molecule has 142 valence electrons. The van der Waals surface area contributed by atoms with Crippen molar-refractivity contribution in [1.82, 2.24) is 5.32 Å². The normalized spacial score (nSPS) is 16.3. The van der Waals surface area contributed by atoms with Crippen molar-refractivity contribution in [1.29, 1.82) is 0 Å². The van der Waals surface area contributed by atoms with E-state index in [0.29, 0.717) is 23.7 Å². The standard InChI is InChI=1S/C20H21FN2O4/c1-26-17-7-6-13(8-18(17)27-2)9-19(24)22-15-11-20(25)23(12-15)16-5-3-4-14(21)10-16/h3-8,10,15H,9,11-12H2,1-2H3,(H,22,24)/t15-/m1/s1. The first-order chi connectivity index (χ1) is 13.0. The summed E-state index contributed by atoms with van der Waals surface area (Å²) in [6.45, 7) is 0.319. The topological polar surface area (TPSA) is 67.9 Å². The summed E-state index contributed by atoms with van der Waals surface area (Å²) in [5, 5.41) is 2.87. The van der Waals surface area contributed by atoms with Crippen LogP contribution in [0.3, 0.4) is 0 Å². The van der Waals surface area contributed by atoms with Gasteiger partial charge in [0.25, 0.3) is 0 Å². The molecule has 1 atom stereocenters. The second-order valence-corrected chi connectivity index (χ2v) is 6.32. The first-order valence-electron chi connectivity index (χ1n) is 8.56. The second kappa shape index (κ2) is 8.07. The molecule has 0 unspecified atom stereocenters. The van der Waals surface area contributed by atoms with Crippen LogP contribution in [0.2, 0.25) is 0 Å². The van der Waals surface area contributed by atoms with Crippen LogP contribution < -0.4 is 19.7 Å². The molecule has 0 aromatic heterocycles. The highest BCUT2D eigenvalue weighted by molar-refractivity contribution is 5.96. The summed E-state index contributed by atoms with van der Waals surface area (Å²) in [7, 11) is 3.08. The van der Waals surface area contributed by atoms with Gasteiger partial charge in [-0.1, -0.05) is 12.1 Å². The lowest BCUT2D eigenvalue weighted by molar-refractivity contribution is -0.121. The van der Waals surface area contributed by atoms with Crippen LogP contribution in [0.15, 0.2) is 42.5 Å². The summed E-state index contributed by atoms with van der Waals surface area (Å²) in [6, 6.07) is 10.8. The number of carbonyl (C=O) groups excluding carboxylic acids is 2. The Balaban J connectivity index is 1.61. The minimum Gasteiger partial charge on any atom is -0.493 e. The number of ether oxygens (including phenoxy) is 2. The molecule has 2 aromatic carbocycles. The van der Waals surface area contributed by atoms with Gasteiger partial charge in [0, 0.05) is 18.7 Å². The maximum Gasteiger partial charge on any atom is 0.229 e. The Hall–Kier alpha value is -3.09. The summed E-state index contributed by atoms with van der Waals surface area (Å²) in [5.41, 5.74) is 1.27. The third-order valence-corrected chi connectivity index (χ3v) is 4.42. The van der Waals surface area contributed by atoms with Gasteiger partial charge in [-0.25, -0.2) is 4.39 Å². The number of methoxy groups -OCH3 is 2. The summed E-state index contributed by atoms with van der Waals surface area (Å²) >= 11 is 0. The molecule has 2 amide bonds. The van der Waals surface area contributed by atoms with Crippen molar-refractivity contribution >= 4 is 17.5 Å². The van der Waals surface area contributed by atoms with Crippen LogP contribution in [0.5, 0.6) is 11.5 Å². The molecule has 1 aliphatic heterocycles. The van der Waals surface area contributed by atoms with Crippen molar-refractivity contribution in [3.8, 4) is 11.5 Å². The Morgan fingerprint density at radius 2 is 1.96 bits per heavy atom. The van der Waals surface area contributed by atoms with Gasteiger partial charge in [-0.05, 0) is 35.9 Å². The van der Waals surface area contributed by atoms with Gasteiger partial charge in [0.05, 0.1) is 26.7 Å². The van der Waals surface area contributed by atoms with Gasteiger partial charge in [0.1, 0.15) is 5.82 Å². The molecule has 3 rings (SSSR count). The fraction of sp³-hybridized carbons (Fsp3) is 0.300. The molecule has 2 aromatic rings. The maximum absolute atomic E-state index is 13.4. The summed E-state index contributed by atoms with van der Waals surface area (Å²) in [6.07, 6.45) is 0.346. The number of amides is 2. The maximum atomic E-state index is 13.4. The van der Waals surface area contributed by atoms with Gasteiger partial charge in [0.15, 0.2) is 11.5 Å². The lowest BCUT2D eigenvalue weighted by Gasteiger charge is -2.17. The average molecular weight is 372 g/mol. The van der Waals surface area contributed by atoms with E-state index in [1.165, 1.54) is 24.1 Å². The highest BCUT2D eigenvalue weighted by atomic mass is 19.1. The SMILES string of the molecule is COc1ccc(CC(=O)N[C@@H]2CC(=O)N(c3cccc(F)c3)C2)cc1OC. The summed E-state index contributed by atoms with van der Waals surface area (Å²) in [4.78, 5) is 26.1. The minimum atomic E-state index is -0.402. The monoisotopic (exact) mass is 372 g/mol. The van der Waals surface area contributed by atoms with E-state index in [0.717, 1.165) is 5.56 Å². The molecule has 1 saturated heterocycles. The van der Waals surface area contributed by atoms with E-state index in [1.54, 1.807) is 37.4 Å². The zero-order valence-electron chi connectivity index (χ0n) is 15.2. The lowest BCUT2D eigenvalue weighted by Crippen LogP contribution is -2.38. The molecule has 27 heavy (non-hydrogen) atoms. The van der Waals surface area contributed by atoms with Gasteiger partial charge in [-0.15, -0.1) is 0 Å². The van der Waals surface area contributed by atoms with Crippen molar-refractivity contribution < 1.29 is 23.5 Å². The fourth-order valence-electron chi connectivity index (χ4n) is 3.15. The molecular formula is C20H21FN2O4. The Bertz CT molecular complexity index is 856. The van der Waals surface area contributed by atoms with Gasteiger partial charge in [0.2, 0.25) is 11.8 Å². The lowest BCUT2D eigenvalue weighted by atomic mass is 10.1. The Labute approximate surface area is 156 Å². The first-order valence-corrected chi connectivity index (χ1v) is 8.56. The van der Waals surface area contributed by atoms with Crippen LogP contribution in [-0.4, -0.2) is 38.6 Å². The van der Waals surface area contributed by atoms with E-state index in [4.69, 9.17) is 9.47 Å². The summed E-state index contributed by atoms with van der Waals surface area (Å²) < 4.78 is 23.8. The van der Waals surface area contributed by atoms with Crippen LogP contribution >= 0.6 is 0 Å². The molecule has 1 heterocycles. The number of halogens is 1. The number of nitrogens with zero attached hydrogens (tertiary/aromatic N) is 1. The zero-order chi connectivity index (χ0) is 19.4. The number of benzene rings is 2. The molecule has 0 saturated carbocycles. The van der Waals surface area contributed by atoms with E-state index in [9.17, 15) is 14.0 Å². The van der Waals surface area contributed by atoms with E-state index in [2.05, 4.69) is 5.32 Å². The number of hydrogen-bond acceptors (Lipinski definition) is 4. The van der Waals surface area contributed by atoms with Crippen LogP contribution in [0, 0.1) is 5.82 Å². The minimum absolute atomic E-state index is 0.142. The van der Waals surface area contributed by atoms with Gasteiger partial charge < -0.3 is 19.7 Å². The molecule has 1 fully saturated rings. The largest absolute Gasteiger partial charge is 0.493 e. The number of hydrogen-bond donors (Lipinski definition) is 1. The van der Waals surface area contributed by atoms with Crippen molar-refractivity contribution in [2.45, 2.75) is 18.9 Å². The molecule has 0 spiro atoms. The Morgan fingerprint density at radius 1 is 1.19 bits per heavy atom. The van der Waals surface area contributed by atoms with E-state index in [1.807, 2.05) is 0 Å². The van der Waals surface area contributed by atoms with Crippen molar-refractivity contribution in [3.63, 3.8) is 0 Å². The molecule has 1 aliphatic rings. The quantitative estimate of drug-likeness (QED) is 0.845. The van der Waals surface area contributed by atoms with Gasteiger partial charge in [-0.2, -0.15) is 0 Å². The van der Waals surface area contributed by atoms with E-state index < -0.39 is 5.82 Å². The molecule has 0 aliphatic carbocycles. The molecular weight excluding hydrogens is 351 g/mol. The summed E-state index contributed by atoms with van der Waals surface area (Å²) in [5.74, 6) is 0.407. The highest BCUT2D eigenvalue weighted by Crippen LogP contribution is 2.28. The number of rotatable bonds is 6. The van der Waals surface area contributed by atoms with Crippen LogP contribution in [-0.2, 0) is 16.0 Å². The third-order valence-electron chi connectivity index (χ3n) is 4.42. The fourth-order valence-corrected chi connectivity index (χ4v) is 3.15. The van der Waals surface area contributed by atoms with Crippen molar-refractivity contribution in [3.05, 3.63) is 53.8 Å². The molecule has 1 N–H and O–H groups in total. The van der Waals surface area contributed by atoms with E-state index in [-0.39, 0.29) is 30.7 Å². The highest BCUT2D eigenvalue weighted by Gasteiger charge is 2.31. The average Bonchev–Trinajstić information content (AvgIpc) is 3.01. The van der Waals surface area contributed by atoms with Gasteiger partial charge in [-0.3, -0.25) is 9.59 Å². The van der Waals surface area contributed by atoms with Crippen molar-refractivity contribution in [2.24, 2.45) is 0 Å². The second-order valence-electron chi connectivity index (χ2n) is 6.32. The van der Waals surface area contributed by atoms with E-state index >= 15 is 0 Å². The smallest absolute Gasteiger partial charge is 0.229 e. The molecule has 0 bridgehead atoms. The number of anilines is 1. The van der Waals surface area contributed by atoms with Crippen LogP contribution in [0.4, 0.5) is 10.1 Å². The molecule has 0 radical (unpaired) electrons. The van der Waals surface area contributed by atoms with Crippen molar-refractivity contribution in [2.75, 3.05) is 25.7 Å². The number of nitrogens with one attached hydrogen (secondary N) is 1. The third kappa shape index (κ3) is 4.36. The Morgan fingerprint density at radius 3 is 2.67 bits per heavy atom.